The maximum atomic E-state index is 11.1. The quantitative estimate of drug-likeness (QED) is 0.642. The molecule has 5 heteroatoms. The summed E-state index contributed by atoms with van der Waals surface area (Å²) in [6, 6.07) is 3.57. The van der Waals surface area contributed by atoms with Gasteiger partial charge in [-0.1, -0.05) is 24.3 Å². The van der Waals surface area contributed by atoms with Crippen molar-refractivity contribution in [3.8, 4) is 0 Å². The van der Waals surface area contributed by atoms with Crippen LogP contribution >= 0.6 is 11.6 Å². The number of carbonyl (C=O) groups excluding carboxylic acids is 1. The second-order valence-electron chi connectivity index (χ2n) is 3.19. The molecule has 1 heterocycles. The molecule has 1 N–H and O–H groups in total. The molecule has 0 unspecified atom stereocenters. The van der Waals surface area contributed by atoms with Gasteiger partial charge in [0.25, 0.3) is 0 Å². The molecule has 0 atom stereocenters. The number of ether oxygens (including phenoxy) is 1. The van der Waals surface area contributed by atoms with Crippen molar-refractivity contribution in [2.45, 2.75) is 6.54 Å². The Hall–Kier alpha value is -1.55. The second-order valence-corrected chi connectivity index (χ2v) is 3.62. The maximum absolute atomic E-state index is 11.1. The summed E-state index contributed by atoms with van der Waals surface area (Å²) >= 11 is 5.85. The molecule has 0 spiro atoms. The van der Waals surface area contributed by atoms with E-state index in [1.165, 1.54) is 6.08 Å². The van der Waals surface area contributed by atoms with E-state index in [1.54, 1.807) is 12.1 Å². The van der Waals surface area contributed by atoms with E-state index in [0.717, 1.165) is 5.69 Å². The number of halogens is 1. The van der Waals surface area contributed by atoms with Crippen LogP contribution < -0.4 is 9.88 Å². The summed E-state index contributed by atoms with van der Waals surface area (Å²) in [6.45, 7) is 4.02. The fraction of sp³-hybridized carbons (Fsp3) is 0.273. The third-order valence-electron chi connectivity index (χ3n) is 1.96. The minimum absolute atomic E-state index is 0.202. The highest BCUT2D eigenvalue weighted by atomic mass is 35.5. The monoisotopic (exact) mass is 241 g/mol. The van der Waals surface area contributed by atoms with Crippen molar-refractivity contribution >= 4 is 17.7 Å². The predicted molar refractivity (Wildman–Crippen MR) is 61.0 cm³/mol. The molecule has 16 heavy (non-hydrogen) atoms. The van der Waals surface area contributed by atoms with Crippen LogP contribution in [0.15, 0.2) is 31.0 Å². The fourth-order valence-corrected chi connectivity index (χ4v) is 1.29. The lowest BCUT2D eigenvalue weighted by Gasteiger charge is -2.04. The summed E-state index contributed by atoms with van der Waals surface area (Å²) in [5.41, 5.74) is 0.892. The van der Waals surface area contributed by atoms with E-state index >= 15 is 0 Å². The molecular formula is C11H14ClN2O2+. The van der Waals surface area contributed by atoms with Crippen LogP contribution in [0.5, 0.6) is 0 Å². The lowest BCUT2D eigenvalue weighted by Crippen LogP contribution is -2.37. The van der Waals surface area contributed by atoms with Crippen molar-refractivity contribution in [2.75, 3.05) is 6.61 Å². The Bertz CT molecular complexity index is 394. The molecule has 1 amide bonds. The van der Waals surface area contributed by atoms with Gasteiger partial charge in [-0.15, -0.1) is 0 Å². The number of aromatic nitrogens is 1. The molecule has 0 aliphatic heterocycles. The summed E-state index contributed by atoms with van der Waals surface area (Å²) in [5.74, 6) is 0. The number of rotatable bonds is 4. The lowest BCUT2D eigenvalue weighted by molar-refractivity contribution is -0.679. The van der Waals surface area contributed by atoms with E-state index in [1.807, 2.05) is 17.8 Å². The Morgan fingerprint density at radius 2 is 2.50 bits per heavy atom. The minimum atomic E-state index is -0.472. The zero-order valence-corrected chi connectivity index (χ0v) is 9.83. The number of aryl methyl sites for hydroxylation is 1. The summed E-state index contributed by atoms with van der Waals surface area (Å²) < 4.78 is 6.65. The average molecular weight is 242 g/mol. The van der Waals surface area contributed by atoms with Crippen LogP contribution in [0.1, 0.15) is 5.69 Å². The Morgan fingerprint density at radius 1 is 1.75 bits per heavy atom. The van der Waals surface area contributed by atoms with E-state index in [-0.39, 0.29) is 6.61 Å². The van der Waals surface area contributed by atoms with Gasteiger partial charge in [0.1, 0.15) is 20.2 Å². The first-order valence-corrected chi connectivity index (χ1v) is 5.17. The van der Waals surface area contributed by atoms with E-state index in [4.69, 9.17) is 16.3 Å². The molecule has 0 radical (unpaired) electrons. The van der Waals surface area contributed by atoms with Crippen LogP contribution in [0.4, 0.5) is 4.79 Å². The van der Waals surface area contributed by atoms with Crippen LogP contribution in [0, 0.1) is 0 Å². The van der Waals surface area contributed by atoms with Crippen LogP contribution in [-0.2, 0) is 18.3 Å². The largest absolute Gasteiger partial charge is 0.445 e. The molecular weight excluding hydrogens is 228 g/mol. The van der Waals surface area contributed by atoms with Crippen LogP contribution in [-0.4, -0.2) is 12.7 Å². The number of amides is 1. The molecule has 0 aromatic carbocycles. The number of hydrogen-bond acceptors (Lipinski definition) is 2. The predicted octanol–water partition coefficient (Wildman–Crippen LogP) is 1.58. The first kappa shape index (κ1) is 12.5. The van der Waals surface area contributed by atoms with E-state index in [0.29, 0.717) is 11.6 Å². The Morgan fingerprint density at radius 3 is 3.19 bits per heavy atom. The Balaban J connectivity index is 2.50. The van der Waals surface area contributed by atoms with Gasteiger partial charge < -0.3 is 10.1 Å². The summed E-state index contributed by atoms with van der Waals surface area (Å²) in [4.78, 5) is 11.1. The van der Waals surface area contributed by atoms with Crippen molar-refractivity contribution in [2.24, 2.45) is 7.05 Å². The molecule has 4 nitrogen and oxygen atoms in total. The molecule has 1 aromatic heterocycles. The second kappa shape index (κ2) is 6.12. The van der Waals surface area contributed by atoms with Gasteiger partial charge >= 0.3 is 6.09 Å². The Kier molecular flexibility index (Phi) is 4.79. The third-order valence-corrected chi connectivity index (χ3v) is 2.20. The van der Waals surface area contributed by atoms with Gasteiger partial charge in [0.05, 0.1) is 5.02 Å². The molecule has 0 fully saturated rings. The first-order chi connectivity index (χ1) is 7.63. The van der Waals surface area contributed by atoms with Crippen molar-refractivity contribution in [3.63, 3.8) is 0 Å². The van der Waals surface area contributed by atoms with Crippen LogP contribution in [0.2, 0.25) is 5.02 Å². The molecule has 0 saturated heterocycles. The van der Waals surface area contributed by atoms with E-state index < -0.39 is 6.09 Å². The van der Waals surface area contributed by atoms with Gasteiger partial charge in [0.15, 0.2) is 6.20 Å². The normalized spacial score (nSPS) is 9.62. The van der Waals surface area contributed by atoms with Gasteiger partial charge in [-0.05, 0) is 0 Å². The molecule has 0 aliphatic rings. The number of alkyl carbamates (subject to hydrolysis) is 1. The molecule has 1 rings (SSSR count). The number of nitrogens with zero attached hydrogens (tertiary/aromatic N) is 1. The van der Waals surface area contributed by atoms with Crippen molar-refractivity contribution in [1.29, 1.82) is 0 Å². The first-order valence-electron chi connectivity index (χ1n) is 4.79. The third kappa shape index (κ3) is 3.90. The standard InChI is InChI=1S/C11H13ClN2O2/c1-3-6-16-11(15)13-8-10-7-9(12)4-5-14(10)2/h3-5,7H,1,6,8H2,2H3/p+1. The average Bonchev–Trinajstić information content (AvgIpc) is 2.27. The van der Waals surface area contributed by atoms with Crippen LogP contribution in [0.25, 0.3) is 0 Å². The zero-order chi connectivity index (χ0) is 12.0. The molecule has 0 saturated carbocycles. The Labute approximate surface area is 99.5 Å². The number of nitrogens with one attached hydrogen (secondary N) is 1. The molecule has 0 bridgehead atoms. The summed E-state index contributed by atoms with van der Waals surface area (Å²) in [6.07, 6.45) is 2.87. The lowest BCUT2D eigenvalue weighted by atomic mass is 10.3. The summed E-state index contributed by atoms with van der Waals surface area (Å²) in [7, 11) is 1.88. The van der Waals surface area contributed by atoms with Crippen molar-refractivity contribution < 1.29 is 14.1 Å². The topological polar surface area (TPSA) is 42.2 Å². The van der Waals surface area contributed by atoms with Gasteiger partial charge in [0, 0.05) is 12.1 Å². The van der Waals surface area contributed by atoms with Gasteiger partial charge in [-0.2, -0.15) is 0 Å². The van der Waals surface area contributed by atoms with Crippen LogP contribution in [0.3, 0.4) is 0 Å². The molecule has 1 aromatic rings. The zero-order valence-electron chi connectivity index (χ0n) is 9.07. The highest BCUT2D eigenvalue weighted by Gasteiger charge is 2.09. The fourth-order valence-electron chi connectivity index (χ4n) is 1.11. The smallest absolute Gasteiger partial charge is 0.407 e. The van der Waals surface area contributed by atoms with Crippen molar-refractivity contribution in [3.05, 3.63) is 41.7 Å². The highest BCUT2D eigenvalue weighted by molar-refractivity contribution is 6.30. The number of pyridine rings is 1. The van der Waals surface area contributed by atoms with E-state index in [2.05, 4.69) is 11.9 Å². The molecule has 0 aliphatic carbocycles. The molecule has 86 valence electrons. The minimum Gasteiger partial charge on any atom is -0.445 e. The van der Waals surface area contributed by atoms with E-state index in [9.17, 15) is 4.79 Å². The number of carbonyl (C=O) groups is 1. The number of hydrogen-bond donors (Lipinski definition) is 1. The van der Waals surface area contributed by atoms with Crippen molar-refractivity contribution in [1.82, 2.24) is 5.32 Å². The van der Waals surface area contributed by atoms with Gasteiger partial charge in [-0.25, -0.2) is 9.36 Å². The van der Waals surface area contributed by atoms with Gasteiger partial charge in [0.2, 0.25) is 5.69 Å². The highest BCUT2D eigenvalue weighted by Crippen LogP contribution is 2.06. The maximum Gasteiger partial charge on any atom is 0.407 e. The van der Waals surface area contributed by atoms with Gasteiger partial charge in [-0.3, -0.25) is 0 Å². The summed E-state index contributed by atoms with van der Waals surface area (Å²) in [5, 5.41) is 3.25. The SMILES string of the molecule is C=CCOC(=O)NCc1cc(Cl)cc[n+]1C.